The molecular weight excluding hydrogens is 252 g/mol. The van der Waals surface area contributed by atoms with Gasteiger partial charge in [-0.1, -0.05) is 13.8 Å². The Morgan fingerprint density at radius 3 is 2.55 bits per heavy atom. The van der Waals surface area contributed by atoms with Crippen molar-refractivity contribution in [2.45, 2.75) is 39.7 Å². The monoisotopic (exact) mass is 278 g/mol. The van der Waals surface area contributed by atoms with Crippen molar-refractivity contribution in [3.05, 3.63) is 11.4 Å². The van der Waals surface area contributed by atoms with E-state index in [9.17, 15) is 0 Å². The molecule has 2 heterocycles. The number of hydrogen-bond acceptors (Lipinski definition) is 6. The lowest BCUT2D eigenvalue weighted by Gasteiger charge is -2.40. The Labute approximate surface area is 121 Å². The molecule has 2 rings (SSSR count). The normalized spacial score (nSPS) is 20.6. The Morgan fingerprint density at radius 2 is 2.00 bits per heavy atom. The highest BCUT2D eigenvalue weighted by Gasteiger charge is 2.26. The van der Waals surface area contributed by atoms with Crippen molar-refractivity contribution < 1.29 is 0 Å². The lowest BCUT2D eigenvalue weighted by atomic mass is 10.1. The summed E-state index contributed by atoms with van der Waals surface area (Å²) in [6, 6.07) is 0.438. The van der Waals surface area contributed by atoms with Gasteiger partial charge in [-0.05, 0) is 20.9 Å². The fourth-order valence-electron chi connectivity index (χ4n) is 2.65. The van der Waals surface area contributed by atoms with Crippen molar-refractivity contribution in [2.24, 2.45) is 5.84 Å². The number of nitrogen functional groups attached to an aromatic ring is 1. The molecule has 1 aliphatic heterocycles. The number of rotatable bonds is 3. The van der Waals surface area contributed by atoms with E-state index >= 15 is 0 Å². The molecule has 112 valence electrons. The smallest absolute Gasteiger partial charge is 0.148 e. The minimum absolute atomic E-state index is 0.282. The van der Waals surface area contributed by atoms with Crippen LogP contribution in [0.4, 0.5) is 11.6 Å². The van der Waals surface area contributed by atoms with Crippen molar-refractivity contribution in [1.82, 2.24) is 14.9 Å². The third-order valence-corrected chi connectivity index (χ3v) is 3.89. The molecule has 1 unspecified atom stereocenters. The van der Waals surface area contributed by atoms with Crippen molar-refractivity contribution in [2.75, 3.05) is 37.0 Å². The van der Waals surface area contributed by atoms with Gasteiger partial charge in [-0.15, -0.1) is 0 Å². The average molecular weight is 278 g/mol. The van der Waals surface area contributed by atoms with E-state index in [2.05, 4.69) is 48.0 Å². The van der Waals surface area contributed by atoms with E-state index in [1.165, 1.54) is 0 Å². The van der Waals surface area contributed by atoms with Crippen LogP contribution < -0.4 is 16.2 Å². The van der Waals surface area contributed by atoms with Gasteiger partial charge < -0.3 is 15.2 Å². The zero-order chi connectivity index (χ0) is 14.9. The number of hydrazine groups is 1. The second-order valence-corrected chi connectivity index (χ2v) is 5.98. The molecule has 6 heteroatoms. The predicted molar refractivity (Wildman–Crippen MR) is 83.0 cm³/mol. The maximum atomic E-state index is 5.61. The van der Waals surface area contributed by atoms with Crippen LogP contribution in [0.1, 0.15) is 38.1 Å². The third kappa shape index (κ3) is 2.86. The third-order valence-electron chi connectivity index (χ3n) is 3.89. The van der Waals surface area contributed by atoms with E-state index in [0.29, 0.717) is 6.04 Å². The van der Waals surface area contributed by atoms with Crippen LogP contribution >= 0.6 is 0 Å². The Morgan fingerprint density at radius 1 is 1.30 bits per heavy atom. The molecule has 0 aliphatic carbocycles. The molecule has 1 aliphatic rings. The summed E-state index contributed by atoms with van der Waals surface area (Å²) in [5.74, 6) is 8.47. The van der Waals surface area contributed by atoms with E-state index in [-0.39, 0.29) is 5.92 Å². The number of anilines is 2. The number of hydrogen-bond donors (Lipinski definition) is 2. The van der Waals surface area contributed by atoms with Crippen LogP contribution in [-0.2, 0) is 0 Å². The summed E-state index contributed by atoms with van der Waals surface area (Å²) in [4.78, 5) is 14.0. The van der Waals surface area contributed by atoms with Crippen LogP contribution in [0.15, 0.2) is 0 Å². The number of nitrogens with two attached hydrogens (primary N) is 1. The fourth-order valence-corrected chi connectivity index (χ4v) is 2.65. The first-order valence-corrected chi connectivity index (χ1v) is 7.24. The van der Waals surface area contributed by atoms with Crippen molar-refractivity contribution in [3.8, 4) is 0 Å². The first kappa shape index (κ1) is 15.0. The zero-order valence-electron chi connectivity index (χ0n) is 13.1. The average Bonchev–Trinajstić information content (AvgIpc) is 2.39. The highest BCUT2D eigenvalue weighted by Crippen LogP contribution is 2.28. The maximum Gasteiger partial charge on any atom is 0.148 e. The fraction of sp³-hybridized carbons (Fsp3) is 0.714. The van der Waals surface area contributed by atoms with Crippen LogP contribution in [0.2, 0.25) is 0 Å². The number of piperazine rings is 1. The molecule has 0 radical (unpaired) electrons. The summed E-state index contributed by atoms with van der Waals surface area (Å²) >= 11 is 0. The molecule has 1 aromatic rings. The van der Waals surface area contributed by atoms with Crippen LogP contribution in [0.25, 0.3) is 0 Å². The molecule has 3 N–H and O–H groups in total. The van der Waals surface area contributed by atoms with E-state index in [1.54, 1.807) is 0 Å². The molecular formula is C14H26N6. The standard InChI is InChI=1S/C14H26N6/c1-9(2)12-16-13(18-15)11(4)14(17-12)20-7-6-19(5)8-10(20)3/h9-10H,6-8,15H2,1-5H3,(H,16,17,18). The Hall–Kier alpha value is -1.40. The highest BCUT2D eigenvalue weighted by atomic mass is 15.3. The number of nitrogens with one attached hydrogen (secondary N) is 1. The minimum Gasteiger partial charge on any atom is -0.351 e. The van der Waals surface area contributed by atoms with Gasteiger partial charge >= 0.3 is 0 Å². The number of aromatic nitrogens is 2. The summed E-state index contributed by atoms with van der Waals surface area (Å²) in [6.45, 7) is 11.5. The minimum atomic E-state index is 0.282. The molecule has 0 aromatic carbocycles. The van der Waals surface area contributed by atoms with Crippen LogP contribution in [0, 0.1) is 6.92 Å². The van der Waals surface area contributed by atoms with E-state index in [0.717, 1.165) is 42.7 Å². The first-order chi connectivity index (χ1) is 9.43. The van der Waals surface area contributed by atoms with Crippen molar-refractivity contribution >= 4 is 11.6 Å². The number of likely N-dealkylation sites (N-methyl/N-ethyl adjacent to an activating group) is 1. The van der Waals surface area contributed by atoms with Gasteiger partial charge in [0.05, 0.1) is 0 Å². The topological polar surface area (TPSA) is 70.3 Å². The number of nitrogens with zero attached hydrogens (tertiary/aromatic N) is 4. The van der Waals surface area contributed by atoms with Gasteiger partial charge in [0.1, 0.15) is 17.5 Å². The van der Waals surface area contributed by atoms with Gasteiger partial charge in [0.15, 0.2) is 0 Å². The van der Waals surface area contributed by atoms with Gasteiger partial charge in [-0.3, -0.25) is 0 Å². The van der Waals surface area contributed by atoms with Crippen LogP contribution in [0.5, 0.6) is 0 Å². The van der Waals surface area contributed by atoms with Gasteiger partial charge in [0.25, 0.3) is 0 Å². The summed E-state index contributed by atoms with van der Waals surface area (Å²) in [7, 11) is 2.16. The molecule has 20 heavy (non-hydrogen) atoms. The Balaban J connectivity index is 2.41. The lowest BCUT2D eigenvalue weighted by molar-refractivity contribution is 0.274. The van der Waals surface area contributed by atoms with Crippen LogP contribution in [-0.4, -0.2) is 47.6 Å². The van der Waals surface area contributed by atoms with E-state index < -0.39 is 0 Å². The quantitative estimate of drug-likeness (QED) is 0.642. The van der Waals surface area contributed by atoms with Gasteiger partial charge in [-0.2, -0.15) is 0 Å². The molecule has 1 atom stereocenters. The van der Waals surface area contributed by atoms with E-state index in [1.807, 2.05) is 6.92 Å². The van der Waals surface area contributed by atoms with Crippen LogP contribution in [0.3, 0.4) is 0 Å². The van der Waals surface area contributed by atoms with Crippen molar-refractivity contribution in [3.63, 3.8) is 0 Å². The molecule has 1 aromatic heterocycles. The summed E-state index contributed by atoms with van der Waals surface area (Å²) in [6.07, 6.45) is 0. The molecule has 1 fully saturated rings. The second kappa shape index (κ2) is 5.93. The molecule has 1 saturated heterocycles. The van der Waals surface area contributed by atoms with E-state index in [4.69, 9.17) is 10.8 Å². The molecule has 0 saturated carbocycles. The van der Waals surface area contributed by atoms with Gasteiger partial charge in [0, 0.05) is 37.2 Å². The van der Waals surface area contributed by atoms with Gasteiger partial charge in [-0.25, -0.2) is 15.8 Å². The van der Waals surface area contributed by atoms with Gasteiger partial charge in [0.2, 0.25) is 0 Å². The summed E-state index contributed by atoms with van der Waals surface area (Å²) in [5.41, 5.74) is 3.73. The first-order valence-electron chi connectivity index (χ1n) is 7.24. The molecule has 6 nitrogen and oxygen atoms in total. The van der Waals surface area contributed by atoms with Crippen molar-refractivity contribution in [1.29, 1.82) is 0 Å². The maximum absolute atomic E-state index is 5.61. The molecule has 0 spiro atoms. The predicted octanol–water partition coefficient (Wildman–Crippen LogP) is 1.33. The lowest BCUT2D eigenvalue weighted by Crippen LogP contribution is -2.51. The Kier molecular flexibility index (Phi) is 4.45. The highest BCUT2D eigenvalue weighted by molar-refractivity contribution is 5.59. The SMILES string of the molecule is Cc1c(NN)nc(C(C)C)nc1N1CCN(C)CC1C. The zero-order valence-corrected chi connectivity index (χ0v) is 13.1. The Bertz CT molecular complexity index is 473. The second-order valence-electron chi connectivity index (χ2n) is 5.98. The summed E-state index contributed by atoms with van der Waals surface area (Å²) < 4.78 is 0. The molecule has 0 amide bonds. The molecule has 0 bridgehead atoms. The largest absolute Gasteiger partial charge is 0.351 e. The summed E-state index contributed by atoms with van der Waals surface area (Å²) in [5, 5.41) is 0.